The molecule has 0 saturated carbocycles. The first kappa shape index (κ1) is 18.3. The molecule has 0 atom stereocenters. The quantitative estimate of drug-likeness (QED) is 0.692. The predicted octanol–water partition coefficient (Wildman–Crippen LogP) is 4.41. The number of hydrogen-bond acceptors (Lipinski definition) is 7. The molecule has 1 aromatic heterocycles. The second kappa shape index (κ2) is 7.25. The minimum Gasteiger partial charge on any atom is -0.349 e. The van der Waals surface area contributed by atoms with Crippen molar-refractivity contribution in [1.82, 2.24) is 15.0 Å². The van der Waals surface area contributed by atoms with E-state index >= 15 is 0 Å². The van der Waals surface area contributed by atoms with Crippen LogP contribution in [0.1, 0.15) is 41.5 Å². The van der Waals surface area contributed by atoms with E-state index in [0.29, 0.717) is 17.8 Å². The zero-order chi connectivity index (χ0) is 17.8. The van der Waals surface area contributed by atoms with Crippen molar-refractivity contribution in [2.24, 2.45) is 0 Å². The van der Waals surface area contributed by atoms with Crippen LogP contribution in [0.15, 0.2) is 35.2 Å². The summed E-state index contributed by atoms with van der Waals surface area (Å²) in [5.41, 5.74) is -0.269. The molecule has 0 aliphatic carbocycles. The van der Waals surface area contributed by atoms with Gasteiger partial charge in [0, 0.05) is 16.0 Å². The predicted molar refractivity (Wildman–Crippen MR) is 103 cm³/mol. The summed E-state index contributed by atoms with van der Waals surface area (Å²) in [6, 6.07) is 10.0. The Bertz CT molecular complexity index is 627. The van der Waals surface area contributed by atoms with Crippen molar-refractivity contribution < 1.29 is 0 Å². The lowest BCUT2D eigenvalue weighted by atomic mass is 10.1. The van der Waals surface area contributed by atoms with Crippen LogP contribution in [0.5, 0.6) is 0 Å². The fourth-order valence-corrected chi connectivity index (χ4v) is 2.39. The van der Waals surface area contributed by atoms with Crippen LogP contribution < -0.4 is 15.4 Å². The van der Waals surface area contributed by atoms with Gasteiger partial charge in [-0.05, 0) is 65.6 Å². The number of benzene rings is 1. The Morgan fingerprint density at radius 2 is 1.17 bits per heavy atom. The van der Waals surface area contributed by atoms with Gasteiger partial charge < -0.3 is 10.6 Å². The highest BCUT2D eigenvalue weighted by atomic mass is 32.2. The average Bonchev–Trinajstić information content (AvgIpc) is 2.42. The third-order valence-corrected chi connectivity index (χ3v) is 3.40. The lowest BCUT2D eigenvalue weighted by Crippen LogP contribution is -2.30. The first-order valence-electron chi connectivity index (χ1n) is 7.91. The van der Waals surface area contributed by atoms with Crippen molar-refractivity contribution in [2.45, 2.75) is 57.5 Å². The molecule has 1 heterocycles. The van der Waals surface area contributed by atoms with Gasteiger partial charge in [0.1, 0.15) is 0 Å². The first-order valence-corrected chi connectivity index (χ1v) is 8.73. The molecule has 0 amide bonds. The molecule has 1 aromatic carbocycles. The Hall–Kier alpha value is -2.02. The van der Waals surface area contributed by atoms with Gasteiger partial charge in [-0.2, -0.15) is 15.0 Å². The summed E-state index contributed by atoms with van der Waals surface area (Å²) < 4.78 is 3.19. The van der Waals surface area contributed by atoms with E-state index in [2.05, 4.69) is 71.9 Å². The minimum atomic E-state index is -0.135. The molecule has 0 aliphatic heterocycles. The maximum atomic E-state index is 4.47. The summed E-state index contributed by atoms with van der Waals surface area (Å²) in [4.78, 5) is 14.5. The van der Waals surface area contributed by atoms with E-state index in [-0.39, 0.29) is 11.1 Å². The molecule has 0 radical (unpaired) electrons. The molecule has 2 rings (SSSR count). The Kier molecular flexibility index (Phi) is 5.54. The molecule has 0 fully saturated rings. The van der Waals surface area contributed by atoms with E-state index in [1.165, 1.54) is 11.9 Å². The first-order chi connectivity index (χ1) is 11.1. The van der Waals surface area contributed by atoms with Crippen molar-refractivity contribution >= 4 is 29.8 Å². The summed E-state index contributed by atoms with van der Waals surface area (Å²) in [6.45, 7) is 12.4. The maximum absolute atomic E-state index is 4.47. The Labute approximate surface area is 148 Å². The van der Waals surface area contributed by atoms with Crippen LogP contribution in [0.2, 0.25) is 0 Å². The van der Waals surface area contributed by atoms with Gasteiger partial charge >= 0.3 is 0 Å². The lowest BCUT2D eigenvalue weighted by Gasteiger charge is -2.23. The molecule has 0 unspecified atom stereocenters. The summed E-state index contributed by atoms with van der Waals surface area (Å²) in [7, 11) is 0. The Balaban J connectivity index is 2.21. The van der Waals surface area contributed by atoms with E-state index in [0.717, 1.165) is 4.90 Å². The summed E-state index contributed by atoms with van der Waals surface area (Å²) in [5, 5.41) is 6.59. The second-order valence-corrected chi connectivity index (χ2v) is 8.45. The minimum absolute atomic E-state index is 0.135. The van der Waals surface area contributed by atoms with E-state index in [1.807, 2.05) is 30.3 Å². The van der Waals surface area contributed by atoms with Crippen molar-refractivity contribution in [3.8, 4) is 0 Å². The monoisotopic (exact) mass is 346 g/mol. The van der Waals surface area contributed by atoms with Gasteiger partial charge in [-0.3, -0.25) is 4.72 Å². The van der Waals surface area contributed by atoms with Crippen LogP contribution in [0.4, 0.5) is 17.8 Å². The van der Waals surface area contributed by atoms with Gasteiger partial charge in [-0.25, -0.2) is 0 Å². The molecular formula is C17H26N6S. The summed E-state index contributed by atoms with van der Waals surface area (Å²) >= 11 is 1.47. The molecule has 130 valence electrons. The summed E-state index contributed by atoms with van der Waals surface area (Å²) in [6.07, 6.45) is 0. The number of aromatic nitrogens is 3. The molecule has 0 aliphatic rings. The second-order valence-electron chi connectivity index (χ2n) is 7.57. The summed E-state index contributed by atoms with van der Waals surface area (Å²) in [5.74, 6) is 1.60. The number of rotatable bonds is 5. The van der Waals surface area contributed by atoms with E-state index in [4.69, 9.17) is 0 Å². The normalized spacial score (nSPS) is 11.9. The highest BCUT2D eigenvalue weighted by molar-refractivity contribution is 8.00. The standard InChI is InChI=1S/C17H26N6S/c1-16(2,3)21-13-18-14(22-17(4,5)6)20-15(19-13)23-24-12-10-8-7-9-11-12/h7-11H,1-6H3,(H3,18,19,20,21,22,23). The topological polar surface area (TPSA) is 74.8 Å². The molecule has 2 aromatic rings. The zero-order valence-electron chi connectivity index (χ0n) is 15.1. The van der Waals surface area contributed by atoms with Gasteiger partial charge in [-0.15, -0.1) is 0 Å². The van der Waals surface area contributed by atoms with Crippen LogP contribution in [-0.2, 0) is 0 Å². The highest BCUT2D eigenvalue weighted by Crippen LogP contribution is 2.21. The van der Waals surface area contributed by atoms with E-state index < -0.39 is 0 Å². The van der Waals surface area contributed by atoms with Crippen molar-refractivity contribution in [2.75, 3.05) is 15.4 Å². The van der Waals surface area contributed by atoms with Crippen molar-refractivity contribution in [1.29, 1.82) is 0 Å². The Morgan fingerprint density at radius 1 is 0.708 bits per heavy atom. The van der Waals surface area contributed by atoms with Gasteiger partial charge in [0.05, 0.1) is 0 Å². The van der Waals surface area contributed by atoms with Crippen LogP contribution in [-0.4, -0.2) is 26.0 Å². The van der Waals surface area contributed by atoms with Gasteiger partial charge in [0.25, 0.3) is 0 Å². The number of nitrogens with zero attached hydrogens (tertiary/aromatic N) is 3. The largest absolute Gasteiger partial charge is 0.349 e. The zero-order valence-corrected chi connectivity index (χ0v) is 16.0. The molecular weight excluding hydrogens is 320 g/mol. The molecule has 7 heteroatoms. The van der Waals surface area contributed by atoms with Gasteiger partial charge in [-0.1, -0.05) is 18.2 Å². The molecule has 3 N–H and O–H groups in total. The van der Waals surface area contributed by atoms with Crippen molar-refractivity contribution in [3.05, 3.63) is 30.3 Å². The number of nitrogens with one attached hydrogen (secondary N) is 3. The third-order valence-electron chi connectivity index (χ3n) is 2.61. The molecule has 6 nitrogen and oxygen atoms in total. The highest BCUT2D eigenvalue weighted by Gasteiger charge is 2.17. The molecule has 0 bridgehead atoms. The van der Waals surface area contributed by atoms with Gasteiger partial charge in [0.15, 0.2) is 0 Å². The number of anilines is 3. The van der Waals surface area contributed by atoms with Crippen LogP contribution in [0.3, 0.4) is 0 Å². The van der Waals surface area contributed by atoms with Crippen molar-refractivity contribution in [3.63, 3.8) is 0 Å². The Morgan fingerprint density at radius 3 is 1.62 bits per heavy atom. The smallest absolute Gasteiger partial charge is 0.239 e. The molecule has 0 saturated heterocycles. The van der Waals surface area contributed by atoms with Gasteiger partial charge in [0.2, 0.25) is 17.8 Å². The fourth-order valence-electron chi connectivity index (χ4n) is 1.80. The van der Waals surface area contributed by atoms with Crippen LogP contribution >= 0.6 is 11.9 Å². The van der Waals surface area contributed by atoms with E-state index in [1.54, 1.807) is 0 Å². The average molecular weight is 347 g/mol. The van der Waals surface area contributed by atoms with Crippen LogP contribution in [0.25, 0.3) is 0 Å². The fraction of sp³-hybridized carbons (Fsp3) is 0.471. The van der Waals surface area contributed by atoms with Crippen LogP contribution in [0, 0.1) is 0 Å². The molecule has 24 heavy (non-hydrogen) atoms. The molecule has 0 spiro atoms. The maximum Gasteiger partial charge on any atom is 0.239 e. The SMILES string of the molecule is CC(C)(C)Nc1nc(NSc2ccccc2)nc(NC(C)(C)C)n1. The lowest BCUT2D eigenvalue weighted by molar-refractivity contribution is 0.617. The van der Waals surface area contributed by atoms with E-state index in [9.17, 15) is 0 Å². The number of hydrogen-bond donors (Lipinski definition) is 3. The third kappa shape index (κ3) is 6.62.